The Bertz CT molecular complexity index is 1370. The number of carbonyl (C=O) groups is 1. The Morgan fingerprint density at radius 3 is 2.58 bits per heavy atom. The minimum absolute atomic E-state index is 0.0423. The zero-order chi connectivity index (χ0) is 21.9. The number of anilines is 1. The van der Waals surface area contributed by atoms with Crippen molar-refractivity contribution in [2.45, 2.75) is 25.6 Å². The van der Waals surface area contributed by atoms with E-state index in [9.17, 15) is 9.59 Å². The molecule has 2 bridgehead atoms. The molecule has 3 heterocycles. The van der Waals surface area contributed by atoms with Crippen LogP contribution in [0.15, 0.2) is 58.3 Å². The Labute approximate surface area is 183 Å². The number of aromatic nitrogens is 1. The fourth-order valence-electron chi connectivity index (χ4n) is 4.58. The van der Waals surface area contributed by atoms with Gasteiger partial charge in [0.25, 0.3) is 5.56 Å². The van der Waals surface area contributed by atoms with Gasteiger partial charge in [0.1, 0.15) is 17.5 Å². The van der Waals surface area contributed by atoms with Gasteiger partial charge in [-0.05, 0) is 43.7 Å². The molecule has 2 aliphatic heterocycles. The number of ketones is 1. The molecule has 2 aliphatic rings. The number of rotatable bonds is 3. The molecule has 7 heteroatoms. The van der Waals surface area contributed by atoms with Crippen LogP contribution < -0.4 is 24.5 Å². The Morgan fingerprint density at radius 2 is 1.90 bits per heavy atom. The van der Waals surface area contributed by atoms with E-state index in [-0.39, 0.29) is 11.3 Å². The Hall–Kier alpha value is -3.19. The first kappa shape index (κ1) is 19.8. The first-order valence-electron chi connectivity index (χ1n) is 10.2. The summed E-state index contributed by atoms with van der Waals surface area (Å²) in [6, 6.07) is 15.2. The van der Waals surface area contributed by atoms with Gasteiger partial charge in [-0.2, -0.15) is 0 Å². The van der Waals surface area contributed by atoms with Crippen molar-refractivity contribution in [2.24, 2.45) is 10.9 Å². The van der Waals surface area contributed by atoms with Gasteiger partial charge in [-0.3, -0.25) is 14.2 Å². The van der Waals surface area contributed by atoms with Crippen LogP contribution in [0.1, 0.15) is 31.0 Å². The van der Waals surface area contributed by atoms with E-state index in [4.69, 9.17) is 9.73 Å². The molecule has 0 saturated heterocycles. The molecule has 0 aliphatic carbocycles. The third-order valence-corrected chi connectivity index (χ3v) is 7.01. The molecule has 6 nitrogen and oxygen atoms in total. The number of hydrogen-bond donors (Lipinski definition) is 0. The molecule has 31 heavy (non-hydrogen) atoms. The van der Waals surface area contributed by atoms with E-state index in [1.165, 1.54) is 11.3 Å². The molecule has 5 rings (SSSR count). The number of benzene rings is 2. The molecule has 0 amide bonds. The van der Waals surface area contributed by atoms with E-state index < -0.39 is 17.7 Å². The molecule has 158 valence electrons. The van der Waals surface area contributed by atoms with Gasteiger partial charge >= 0.3 is 0 Å². The lowest BCUT2D eigenvalue weighted by atomic mass is 9.79. The van der Waals surface area contributed by atoms with E-state index in [0.29, 0.717) is 15.1 Å². The summed E-state index contributed by atoms with van der Waals surface area (Å²) in [6.07, 6.45) is 1.88. The third kappa shape index (κ3) is 3.03. The molecular weight excluding hydrogens is 410 g/mol. The highest BCUT2D eigenvalue weighted by molar-refractivity contribution is 7.07. The van der Waals surface area contributed by atoms with Crippen LogP contribution in [-0.4, -0.2) is 30.2 Å². The summed E-state index contributed by atoms with van der Waals surface area (Å²) in [5.41, 5.74) is 1.71. The Morgan fingerprint density at radius 1 is 1.19 bits per heavy atom. The van der Waals surface area contributed by atoms with Crippen LogP contribution in [0.2, 0.25) is 0 Å². The van der Waals surface area contributed by atoms with Gasteiger partial charge in [0.15, 0.2) is 4.80 Å². The number of nitrogens with zero attached hydrogens (tertiary/aromatic N) is 3. The smallest absolute Gasteiger partial charge is 0.270 e. The van der Waals surface area contributed by atoms with Gasteiger partial charge in [0, 0.05) is 25.3 Å². The molecule has 2 aromatic carbocycles. The lowest BCUT2D eigenvalue weighted by molar-refractivity contribution is -0.132. The minimum Gasteiger partial charge on any atom is -0.465 e. The number of fused-ring (bicyclic) bond motifs is 6. The molecule has 0 radical (unpaired) electrons. The lowest BCUT2D eigenvalue weighted by Crippen LogP contribution is -2.58. The van der Waals surface area contributed by atoms with Gasteiger partial charge in [-0.25, -0.2) is 4.99 Å². The van der Waals surface area contributed by atoms with Crippen LogP contribution in [0.25, 0.3) is 6.08 Å². The summed E-state index contributed by atoms with van der Waals surface area (Å²) in [7, 11) is 3.98. The van der Waals surface area contributed by atoms with Crippen LogP contribution in [0, 0.1) is 5.92 Å². The lowest BCUT2D eigenvalue weighted by Gasteiger charge is -2.45. The molecular formula is C24H23N3O3S. The van der Waals surface area contributed by atoms with Crippen LogP contribution >= 0.6 is 11.3 Å². The monoisotopic (exact) mass is 433 g/mol. The number of ether oxygens (including phenoxy) is 1. The van der Waals surface area contributed by atoms with E-state index in [1.54, 1.807) is 11.5 Å². The maximum Gasteiger partial charge on any atom is 0.270 e. The summed E-state index contributed by atoms with van der Waals surface area (Å²) < 4.78 is 8.48. The maximum atomic E-state index is 13.5. The summed E-state index contributed by atoms with van der Waals surface area (Å²) in [5.74, 6) is 0.0681. The van der Waals surface area contributed by atoms with Crippen LogP contribution in [0.4, 0.5) is 5.69 Å². The fraction of sp³-hybridized carbons (Fsp3) is 0.292. The van der Waals surface area contributed by atoms with Crippen molar-refractivity contribution >= 4 is 28.9 Å². The quantitative estimate of drug-likeness (QED) is 0.636. The fourth-order valence-corrected chi connectivity index (χ4v) is 5.68. The highest BCUT2D eigenvalue weighted by atomic mass is 32.1. The van der Waals surface area contributed by atoms with E-state index in [2.05, 4.69) is 0 Å². The molecule has 3 atom stereocenters. The van der Waals surface area contributed by atoms with Crippen molar-refractivity contribution < 1.29 is 9.53 Å². The summed E-state index contributed by atoms with van der Waals surface area (Å²) in [4.78, 5) is 33.6. The number of thiazole rings is 1. The van der Waals surface area contributed by atoms with Gasteiger partial charge < -0.3 is 9.64 Å². The molecule has 0 spiro atoms. The number of hydrogen-bond acceptors (Lipinski definition) is 6. The summed E-state index contributed by atoms with van der Waals surface area (Å²) in [5, 5.41) is 0. The number of para-hydroxylation sites is 1. The summed E-state index contributed by atoms with van der Waals surface area (Å²) in [6.45, 7) is 3.38. The third-order valence-electron chi connectivity index (χ3n) is 6.02. The topological polar surface area (TPSA) is 63.9 Å². The second kappa shape index (κ2) is 6.92. The van der Waals surface area contributed by atoms with Gasteiger partial charge in [0.05, 0.1) is 10.6 Å². The van der Waals surface area contributed by atoms with Gasteiger partial charge in [-0.15, -0.1) is 0 Å². The molecule has 0 fully saturated rings. The minimum atomic E-state index is -1.03. The highest BCUT2D eigenvalue weighted by Gasteiger charge is 2.53. The zero-order valence-corrected chi connectivity index (χ0v) is 18.6. The van der Waals surface area contributed by atoms with Crippen molar-refractivity contribution in [2.75, 3.05) is 19.0 Å². The standard InChI is InChI=1S/C24H23N3O3S/c1-14(28)20-21-17-7-5-6-8-18(17)30-24(20,2)25-23-27(21)22(29)19(31-23)13-15-9-11-16(12-10-15)26(3)4/h5-13,20-21H,1-4H3/t20?,21?,24-/m0/s1. The van der Waals surface area contributed by atoms with Crippen LogP contribution in [0.3, 0.4) is 0 Å². The Balaban J connectivity index is 1.73. The highest BCUT2D eigenvalue weighted by Crippen LogP contribution is 2.47. The normalized spacial score (nSPS) is 23.9. The second-order valence-electron chi connectivity index (χ2n) is 8.39. The van der Waals surface area contributed by atoms with Crippen LogP contribution in [-0.2, 0) is 4.79 Å². The first-order chi connectivity index (χ1) is 14.8. The Kier molecular flexibility index (Phi) is 4.41. The van der Waals surface area contributed by atoms with Crippen LogP contribution in [0.5, 0.6) is 5.75 Å². The molecule has 2 unspecified atom stereocenters. The molecule has 1 aromatic heterocycles. The average molecular weight is 434 g/mol. The van der Waals surface area contributed by atoms with E-state index in [0.717, 1.165) is 16.8 Å². The van der Waals surface area contributed by atoms with Gasteiger partial charge in [-0.1, -0.05) is 41.7 Å². The first-order valence-corrected chi connectivity index (χ1v) is 11.0. The number of Topliss-reactive ketones (excluding diaryl/α,β-unsaturated/α-hetero) is 1. The van der Waals surface area contributed by atoms with Crippen molar-refractivity contribution in [3.8, 4) is 5.75 Å². The van der Waals surface area contributed by atoms with Crippen molar-refractivity contribution in [3.63, 3.8) is 0 Å². The summed E-state index contributed by atoms with van der Waals surface area (Å²) >= 11 is 1.34. The van der Waals surface area contributed by atoms with Gasteiger partial charge in [0.2, 0.25) is 5.72 Å². The van der Waals surface area contributed by atoms with E-state index >= 15 is 0 Å². The number of carbonyl (C=O) groups excluding carboxylic acids is 1. The molecule has 3 aromatic rings. The van der Waals surface area contributed by atoms with Crippen molar-refractivity contribution in [3.05, 3.63) is 79.3 Å². The molecule has 0 N–H and O–H groups in total. The predicted octanol–water partition coefficient (Wildman–Crippen LogP) is 2.34. The maximum absolute atomic E-state index is 13.5. The largest absolute Gasteiger partial charge is 0.465 e. The SMILES string of the molecule is CC(=O)C1C2c3ccccc3O[C@]1(C)N=c1sc(=Cc3ccc(N(C)C)cc3)c(=O)n12. The second-order valence-corrected chi connectivity index (χ2v) is 9.40. The van der Waals surface area contributed by atoms with Crippen molar-refractivity contribution in [1.82, 2.24) is 4.57 Å². The molecule has 0 saturated carbocycles. The van der Waals surface area contributed by atoms with Crippen molar-refractivity contribution in [1.29, 1.82) is 0 Å². The van der Waals surface area contributed by atoms with E-state index in [1.807, 2.05) is 80.5 Å². The predicted molar refractivity (Wildman–Crippen MR) is 121 cm³/mol. The average Bonchev–Trinajstić information content (AvgIpc) is 3.01. The zero-order valence-electron chi connectivity index (χ0n) is 17.8.